The van der Waals surface area contributed by atoms with Gasteiger partial charge in [-0.05, 0) is 55.9 Å². The number of hydrogen-bond acceptors (Lipinski definition) is 4. The number of rotatable bonds is 7. The van der Waals surface area contributed by atoms with E-state index >= 15 is 0 Å². The molecule has 2 aromatic carbocycles. The maximum Gasteiger partial charge on any atom is 0.122 e. The maximum absolute atomic E-state index is 5.62. The van der Waals surface area contributed by atoms with Gasteiger partial charge in [0.25, 0.3) is 0 Å². The highest BCUT2D eigenvalue weighted by molar-refractivity contribution is 7.09. The van der Waals surface area contributed by atoms with Gasteiger partial charge >= 0.3 is 0 Å². The van der Waals surface area contributed by atoms with E-state index in [4.69, 9.17) is 9.82 Å². The first-order chi connectivity index (χ1) is 14.0. The highest BCUT2D eigenvalue weighted by atomic mass is 32.1. The average molecular weight is 405 g/mol. The van der Waals surface area contributed by atoms with Crippen molar-refractivity contribution in [2.75, 3.05) is 0 Å². The molecule has 0 unspecified atom stereocenters. The zero-order chi connectivity index (χ0) is 20.4. The third-order valence-corrected chi connectivity index (χ3v) is 6.32. The Bertz CT molecular complexity index is 1030. The van der Waals surface area contributed by atoms with Crippen LogP contribution in [-0.2, 0) is 17.7 Å². The number of aromatic nitrogens is 1. The van der Waals surface area contributed by atoms with Crippen LogP contribution in [-0.4, -0.2) is 16.8 Å². The minimum atomic E-state index is 0.0655. The molecule has 0 saturated carbocycles. The molecule has 0 bridgehead atoms. The molecule has 0 amide bonds. The van der Waals surface area contributed by atoms with Gasteiger partial charge in [-0.15, -0.1) is 11.3 Å². The Kier molecular flexibility index (Phi) is 5.81. The van der Waals surface area contributed by atoms with Crippen molar-refractivity contribution in [2.45, 2.75) is 59.0 Å². The number of hydrogen-bond donors (Lipinski definition) is 0. The van der Waals surface area contributed by atoms with Crippen LogP contribution in [0.4, 0.5) is 0 Å². The van der Waals surface area contributed by atoms with Crippen LogP contribution in [0.1, 0.15) is 67.4 Å². The van der Waals surface area contributed by atoms with E-state index in [0.29, 0.717) is 5.92 Å². The Labute approximate surface area is 177 Å². The van der Waals surface area contributed by atoms with Crippen molar-refractivity contribution >= 4 is 17.0 Å². The quantitative estimate of drug-likeness (QED) is 0.325. The second kappa shape index (κ2) is 8.50. The number of thiazole rings is 1. The first kappa shape index (κ1) is 19.8. The molecule has 0 fully saturated rings. The highest BCUT2D eigenvalue weighted by Crippen LogP contribution is 2.37. The molecule has 3 aromatic rings. The summed E-state index contributed by atoms with van der Waals surface area (Å²) in [5.41, 5.74) is 8.34. The molecule has 3 nitrogen and oxygen atoms in total. The molecular weight excluding hydrogens is 376 g/mol. The van der Waals surface area contributed by atoms with Crippen molar-refractivity contribution in [1.29, 1.82) is 0 Å². The van der Waals surface area contributed by atoms with Crippen LogP contribution in [0.2, 0.25) is 0 Å². The Morgan fingerprint density at radius 1 is 0.931 bits per heavy atom. The Balaban J connectivity index is 1.52. The predicted molar refractivity (Wildman–Crippen MR) is 122 cm³/mol. The second-order valence-corrected chi connectivity index (χ2v) is 9.09. The zero-order valence-corrected chi connectivity index (χ0v) is 18.4. The minimum Gasteiger partial charge on any atom is -0.393 e. The zero-order valence-electron chi connectivity index (χ0n) is 17.6. The standard InChI is InChI=1S/C25H28N2OS/c1-16(2)25-26-19(15-29-25)9-7-8-18-12-13-21-20-10-5-6-11-22(20)24(23(21)14-18)27-28-17(3)4/h5-6,10-17H,7-9H2,1-4H3/b27-24-. The Hall–Kier alpha value is -2.46. The summed E-state index contributed by atoms with van der Waals surface area (Å²) in [5, 5.41) is 7.95. The molecule has 1 aromatic heterocycles. The topological polar surface area (TPSA) is 34.5 Å². The summed E-state index contributed by atoms with van der Waals surface area (Å²) in [6.07, 6.45) is 3.23. The van der Waals surface area contributed by atoms with E-state index in [2.05, 4.69) is 66.8 Å². The normalized spacial score (nSPS) is 13.9. The summed E-state index contributed by atoms with van der Waals surface area (Å²) in [5.74, 6) is 0.512. The lowest BCUT2D eigenvalue weighted by molar-refractivity contribution is 0.0863. The van der Waals surface area contributed by atoms with Gasteiger partial charge in [0.15, 0.2) is 0 Å². The number of benzene rings is 2. The second-order valence-electron chi connectivity index (χ2n) is 8.20. The number of fused-ring (bicyclic) bond motifs is 3. The van der Waals surface area contributed by atoms with E-state index in [1.165, 1.54) is 33.0 Å². The molecule has 0 atom stereocenters. The van der Waals surface area contributed by atoms with Crippen molar-refractivity contribution < 1.29 is 4.84 Å². The van der Waals surface area contributed by atoms with E-state index in [-0.39, 0.29) is 6.10 Å². The van der Waals surface area contributed by atoms with Gasteiger partial charge in [0.05, 0.1) is 10.7 Å². The molecule has 0 aliphatic heterocycles. The molecule has 1 aliphatic rings. The first-order valence-corrected chi connectivity index (χ1v) is 11.3. The smallest absolute Gasteiger partial charge is 0.122 e. The molecule has 4 heteroatoms. The van der Waals surface area contributed by atoms with Gasteiger partial charge in [-0.25, -0.2) is 4.98 Å². The van der Waals surface area contributed by atoms with Gasteiger partial charge in [0.1, 0.15) is 11.8 Å². The average Bonchev–Trinajstić information content (AvgIpc) is 3.29. The van der Waals surface area contributed by atoms with E-state index in [0.717, 1.165) is 30.5 Å². The summed E-state index contributed by atoms with van der Waals surface area (Å²) in [7, 11) is 0. The van der Waals surface area contributed by atoms with Gasteiger partial charge in [-0.3, -0.25) is 0 Å². The molecule has 0 saturated heterocycles. The summed E-state index contributed by atoms with van der Waals surface area (Å²) in [6.45, 7) is 8.41. The van der Waals surface area contributed by atoms with Crippen LogP contribution in [0.25, 0.3) is 11.1 Å². The molecule has 29 heavy (non-hydrogen) atoms. The SMILES string of the molecule is CC(C)O/N=C1/c2ccccc2-c2ccc(CCCc3csc(C(C)C)n3)cc21. The third-order valence-electron chi connectivity index (χ3n) is 5.13. The molecule has 4 rings (SSSR count). The van der Waals surface area contributed by atoms with E-state index in [1.807, 2.05) is 13.8 Å². The van der Waals surface area contributed by atoms with Crippen LogP contribution >= 0.6 is 11.3 Å². The fourth-order valence-electron chi connectivity index (χ4n) is 3.68. The first-order valence-electron chi connectivity index (χ1n) is 10.4. The number of oxime groups is 1. The third kappa shape index (κ3) is 4.27. The van der Waals surface area contributed by atoms with Crippen molar-refractivity contribution in [3.63, 3.8) is 0 Å². The number of nitrogens with zero attached hydrogens (tertiary/aromatic N) is 2. The lowest BCUT2D eigenvalue weighted by Crippen LogP contribution is -2.04. The highest BCUT2D eigenvalue weighted by Gasteiger charge is 2.25. The summed E-state index contributed by atoms with van der Waals surface area (Å²) >= 11 is 1.78. The summed E-state index contributed by atoms with van der Waals surface area (Å²) in [4.78, 5) is 10.4. The van der Waals surface area contributed by atoms with Gasteiger partial charge in [0.2, 0.25) is 0 Å². The van der Waals surface area contributed by atoms with Gasteiger partial charge in [-0.2, -0.15) is 0 Å². The summed E-state index contributed by atoms with van der Waals surface area (Å²) in [6, 6.07) is 15.2. The molecule has 1 heterocycles. The molecular formula is C25H28N2OS. The van der Waals surface area contributed by atoms with E-state index in [1.54, 1.807) is 11.3 Å². The number of aryl methyl sites for hydroxylation is 2. The van der Waals surface area contributed by atoms with E-state index < -0.39 is 0 Å². The molecule has 1 aliphatic carbocycles. The van der Waals surface area contributed by atoms with Crippen LogP contribution in [0.3, 0.4) is 0 Å². The van der Waals surface area contributed by atoms with Crippen molar-refractivity contribution in [3.05, 3.63) is 75.2 Å². The van der Waals surface area contributed by atoms with E-state index in [9.17, 15) is 0 Å². The van der Waals surface area contributed by atoms with Crippen LogP contribution in [0.15, 0.2) is 53.0 Å². The Morgan fingerprint density at radius 2 is 1.69 bits per heavy atom. The predicted octanol–water partition coefficient (Wildman–Crippen LogP) is 6.60. The maximum atomic E-state index is 5.62. The monoisotopic (exact) mass is 404 g/mol. The molecule has 150 valence electrons. The molecule has 0 spiro atoms. The van der Waals surface area contributed by atoms with Crippen LogP contribution in [0.5, 0.6) is 0 Å². The van der Waals surface area contributed by atoms with Gasteiger partial charge < -0.3 is 4.84 Å². The largest absolute Gasteiger partial charge is 0.393 e. The van der Waals surface area contributed by atoms with Crippen LogP contribution < -0.4 is 0 Å². The van der Waals surface area contributed by atoms with Crippen molar-refractivity contribution in [3.8, 4) is 11.1 Å². The molecule has 0 radical (unpaired) electrons. The van der Waals surface area contributed by atoms with Crippen LogP contribution in [0, 0.1) is 0 Å². The fraction of sp³-hybridized carbons (Fsp3) is 0.360. The Morgan fingerprint density at radius 3 is 2.41 bits per heavy atom. The van der Waals surface area contributed by atoms with Gasteiger partial charge in [-0.1, -0.05) is 55.4 Å². The minimum absolute atomic E-state index is 0.0655. The van der Waals surface area contributed by atoms with Crippen molar-refractivity contribution in [1.82, 2.24) is 4.98 Å². The lowest BCUT2D eigenvalue weighted by Gasteiger charge is -2.07. The van der Waals surface area contributed by atoms with Crippen molar-refractivity contribution in [2.24, 2.45) is 5.16 Å². The molecule has 0 N–H and O–H groups in total. The van der Waals surface area contributed by atoms with Gasteiger partial charge in [0, 0.05) is 22.4 Å². The fourth-order valence-corrected chi connectivity index (χ4v) is 4.55. The summed E-state index contributed by atoms with van der Waals surface area (Å²) < 4.78 is 0. The lowest BCUT2D eigenvalue weighted by atomic mass is 10.00.